The van der Waals surface area contributed by atoms with E-state index >= 15 is 0 Å². The van der Waals surface area contributed by atoms with Crippen molar-refractivity contribution in [2.24, 2.45) is 0 Å². The molecule has 1 aliphatic rings. The fraction of sp³-hybridized carbons (Fsp3) is 0.250. The highest BCUT2D eigenvalue weighted by molar-refractivity contribution is 5.92. The SMILES string of the molecule is CC(=O)O.[N-]=[N+]=C1C=CC=CC1. The lowest BCUT2D eigenvalue weighted by molar-refractivity contribution is -0.134. The molecule has 0 unspecified atom stereocenters. The van der Waals surface area contributed by atoms with Crippen LogP contribution in [-0.2, 0) is 4.79 Å². The van der Waals surface area contributed by atoms with Crippen molar-refractivity contribution in [2.45, 2.75) is 13.3 Å². The van der Waals surface area contributed by atoms with Crippen LogP contribution < -0.4 is 0 Å². The smallest absolute Gasteiger partial charge is 0.300 e. The van der Waals surface area contributed by atoms with Crippen molar-refractivity contribution in [3.8, 4) is 0 Å². The molecule has 0 atom stereocenters. The second-order valence-electron chi connectivity index (χ2n) is 2.10. The van der Waals surface area contributed by atoms with Gasteiger partial charge >= 0.3 is 0 Å². The molecule has 64 valence electrons. The van der Waals surface area contributed by atoms with Crippen molar-refractivity contribution in [1.29, 1.82) is 0 Å². The minimum Gasteiger partial charge on any atom is -0.481 e. The minimum absolute atomic E-state index is 0.715. The molecule has 12 heavy (non-hydrogen) atoms. The van der Waals surface area contributed by atoms with Gasteiger partial charge in [0.2, 0.25) is 0 Å². The maximum Gasteiger partial charge on any atom is 0.300 e. The van der Waals surface area contributed by atoms with Gasteiger partial charge < -0.3 is 10.6 Å². The largest absolute Gasteiger partial charge is 0.481 e. The molecule has 1 N–H and O–H groups in total. The van der Waals surface area contributed by atoms with E-state index in [1.54, 1.807) is 6.08 Å². The molecule has 0 heterocycles. The van der Waals surface area contributed by atoms with Crippen LogP contribution >= 0.6 is 0 Å². The van der Waals surface area contributed by atoms with Gasteiger partial charge in [-0.15, -0.1) is 0 Å². The first-order valence-electron chi connectivity index (χ1n) is 3.40. The van der Waals surface area contributed by atoms with Crippen LogP contribution in [0.4, 0.5) is 0 Å². The minimum atomic E-state index is -0.833. The Balaban J connectivity index is 0.000000261. The van der Waals surface area contributed by atoms with E-state index in [9.17, 15) is 0 Å². The lowest BCUT2D eigenvalue weighted by Crippen LogP contribution is -1.93. The second kappa shape index (κ2) is 6.07. The zero-order chi connectivity index (χ0) is 9.40. The topological polar surface area (TPSA) is 73.7 Å². The average molecular weight is 166 g/mol. The molecule has 0 spiro atoms. The lowest BCUT2D eigenvalue weighted by Gasteiger charge is -1.85. The maximum atomic E-state index is 9.00. The van der Waals surface area contributed by atoms with Crippen LogP contribution in [0.3, 0.4) is 0 Å². The zero-order valence-corrected chi connectivity index (χ0v) is 6.77. The fourth-order valence-corrected chi connectivity index (χ4v) is 0.576. The van der Waals surface area contributed by atoms with Gasteiger partial charge in [0.05, 0.1) is 6.42 Å². The zero-order valence-electron chi connectivity index (χ0n) is 6.77. The molecule has 0 amide bonds. The third kappa shape index (κ3) is 6.45. The highest BCUT2D eigenvalue weighted by Crippen LogP contribution is 1.94. The van der Waals surface area contributed by atoms with E-state index in [0.717, 1.165) is 13.3 Å². The molecule has 4 nitrogen and oxygen atoms in total. The van der Waals surface area contributed by atoms with E-state index in [-0.39, 0.29) is 0 Å². The number of carbonyl (C=O) groups is 1. The summed E-state index contributed by atoms with van der Waals surface area (Å²) in [5.74, 6) is -0.833. The molecule has 0 bridgehead atoms. The van der Waals surface area contributed by atoms with Gasteiger partial charge in [-0.3, -0.25) is 4.79 Å². The molecule has 0 radical (unpaired) electrons. The first-order valence-corrected chi connectivity index (χ1v) is 3.40. The van der Waals surface area contributed by atoms with E-state index < -0.39 is 5.97 Å². The Hall–Kier alpha value is -1.67. The van der Waals surface area contributed by atoms with Crippen LogP contribution in [0.1, 0.15) is 13.3 Å². The summed E-state index contributed by atoms with van der Waals surface area (Å²) in [7, 11) is 0. The number of carboxylic acids is 1. The molecule has 1 rings (SSSR count). The van der Waals surface area contributed by atoms with E-state index in [2.05, 4.69) is 4.79 Å². The summed E-state index contributed by atoms with van der Waals surface area (Å²) in [5, 5.41) is 7.42. The highest BCUT2D eigenvalue weighted by atomic mass is 16.4. The van der Waals surface area contributed by atoms with Crippen molar-refractivity contribution in [3.05, 3.63) is 29.8 Å². The molecule has 4 heteroatoms. The van der Waals surface area contributed by atoms with Gasteiger partial charge in [-0.1, -0.05) is 18.2 Å². The predicted octanol–water partition coefficient (Wildman–Crippen LogP) is 1.26. The van der Waals surface area contributed by atoms with Crippen LogP contribution in [-0.4, -0.2) is 21.6 Å². The first-order chi connectivity index (χ1) is 5.66. The van der Waals surface area contributed by atoms with Gasteiger partial charge in [0.15, 0.2) is 0 Å². The van der Waals surface area contributed by atoms with Crippen molar-refractivity contribution in [1.82, 2.24) is 0 Å². The van der Waals surface area contributed by atoms with Crippen LogP contribution in [0.15, 0.2) is 24.3 Å². The third-order valence-electron chi connectivity index (χ3n) is 0.991. The van der Waals surface area contributed by atoms with Crippen molar-refractivity contribution >= 4 is 11.7 Å². The van der Waals surface area contributed by atoms with Crippen LogP contribution in [0.25, 0.3) is 5.53 Å². The van der Waals surface area contributed by atoms with E-state index in [4.69, 9.17) is 15.4 Å². The van der Waals surface area contributed by atoms with E-state index in [1.165, 1.54) is 0 Å². The number of hydrogen-bond donors (Lipinski definition) is 1. The summed E-state index contributed by atoms with van der Waals surface area (Å²) < 4.78 is 0. The summed E-state index contributed by atoms with van der Waals surface area (Å²) in [4.78, 5) is 12.0. The Bertz CT molecular complexity index is 256. The van der Waals surface area contributed by atoms with Gasteiger partial charge in [-0.05, 0) is 0 Å². The molecular formula is C8H10N2O2. The van der Waals surface area contributed by atoms with Crippen molar-refractivity contribution < 1.29 is 14.7 Å². The number of hydrogen-bond acceptors (Lipinski definition) is 1. The van der Waals surface area contributed by atoms with E-state index in [0.29, 0.717) is 5.71 Å². The standard InChI is InChI=1S/C6H6N2.C2H4O2/c7-8-6-4-2-1-3-5-6;1-2(3)4/h1-4H,5H2;1H3,(H,3,4). The Morgan fingerprint density at radius 1 is 1.67 bits per heavy atom. The van der Waals surface area contributed by atoms with E-state index in [1.807, 2.05) is 18.2 Å². The van der Waals surface area contributed by atoms with Gasteiger partial charge in [0, 0.05) is 13.0 Å². The van der Waals surface area contributed by atoms with Gasteiger partial charge in [-0.25, -0.2) is 0 Å². The number of rotatable bonds is 0. The monoisotopic (exact) mass is 166 g/mol. The van der Waals surface area contributed by atoms with Gasteiger partial charge in [0.1, 0.15) is 0 Å². The predicted molar refractivity (Wildman–Crippen MR) is 44.8 cm³/mol. The quantitative estimate of drug-likeness (QED) is 0.434. The molecule has 0 aromatic rings. The molecule has 0 fully saturated rings. The van der Waals surface area contributed by atoms with Gasteiger partial charge in [-0.2, -0.15) is 4.79 Å². The Kier molecular flexibility index (Phi) is 5.22. The summed E-state index contributed by atoms with van der Waals surface area (Å²) >= 11 is 0. The summed E-state index contributed by atoms with van der Waals surface area (Å²) in [5.41, 5.74) is 8.91. The Morgan fingerprint density at radius 3 is 2.50 bits per heavy atom. The second-order valence-corrected chi connectivity index (χ2v) is 2.10. The molecule has 0 saturated carbocycles. The highest BCUT2D eigenvalue weighted by Gasteiger charge is 1.99. The first kappa shape index (κ1) is 10.3. The van der Waals surface area contributed by atoms with Crippen molar-refractivity contribution in [2.75, 3.05) is 0 Å². The lowest BCUT2D eigenvalue weighted by atomic mass is 10.2. The molecule has 0 aromatic heterocycles. The maximum absolute atomic E-state index is 9.00. The van der Waals surface area contributed by atoms with Crippen LogP contribution in [0, 0.1) is 0 Å². The summed E-state index contributed by atoms with van der Waals surface area (Å²) in [6, 6.07) is 0. The molecule has 1 aliphatic carbocycles. The van der Waals surface area contributed by atoms with Crippen LogP contribution in [0.2, 0.25) is 0 Å². The molecule has 0 aliphatic heterocycles. The average Bonchev–Trinajstić information content (AvgIpc) is 2.05. The van der Waals surface area contributed by atoms with Gasteiger partial charge in [0.25, 0.3) is 11.7 Å². The Labute approximate surface area is 70.5 Å². The van der Waals surface area contributed by atoms with Crippen LogP contribution in [0.5, 0.6) is 0 Å². The molecular weight excluding hydrogens is 156 g/mol. The number of aliphatic carboxylic acids is 1. The Morgan fingerprint density at radius 2 is 2.25 bits per heavy atom. The number of carboxylic acid groups (broad SMARTS) is 1. The number of allylic oxidation sites excluding steroid dienone is 4. The molecule has 0 saturated heterocycles. The number of nitrogens with zero attached hydrogens (tertiary/aromatic N) is 2. The summed E-state index contributed by atoms with van der Waals surface area (Å²) in [6.45, 7) is 1.08. The normalized spacial score (nSPS) is 12.9. The molecule has 0 aromatic carbocycles. The third-order valence-corrected chi connectivity index (χ3v) is 0.991. The fourth-order valence-electron chi connectivity index (χ4n) is 0.576. The summed E-state index contributed by atoms with van der Waals surface area (Å²) in [6.07, 6.45) is 8.23. The van der Waals surface area contributed by atoms with Crippen molar-refractivity contribution in [3.63, 3.8) is 0 Å².